The molecule has 2 saturated heterocycles. The molecule has 0 radical (unpaired) electrons. The molecular weight excluding hydrogens is 176 g/mol. The van der Waals surface area contributed by atoms with Gasteiger partial charge in [-0.1, -0.05) is 0 Å². The molecule has 0 bridgehead atoms. The van der Waals surface area contributed by atoms with Gasteiger partial charge in [-0.15, -0.1) is 0 Å². The minimum absolute atomic E-state index is 0.0580. The van der Waals surface area contributed by atoms with Crippen molar-refractivity contribution in [2.24, 2.45) is 0 Å². The van der Waals surface area contributed by atoms with Gasteiger partial charge in [0.2, 0.25) is 0 Å². The molecule has 0 aromatic carbocycles. The highest BCUT2D eigenvalue weighted by Gasteiger charge is 2.40. The summed E-state index contributed by atoms with van der Waals surface area (Å²) in [5.74, 6) is 0.753. The predicted octanol–water partition coefficient (Wildman–Crippen LogP) is 1.32. The number of ether oxygens (including phenoxy) is 1. The van der Waals surface area contributed by atoms with E-state index in [1.54, 1.807) is 0 Å². The van der Waals surface area contributed by atoms with Gasteiger partial charge < -0.3 is 15.0 Å². The number of likely N-dealkylation sites (tertiary alicyclic amines) is 1. The monoisotopic (exact) mass is 196 g/mol. The Morgan fingerprint density at radius 1 is 1.43 bits per heavy atom. The van der Waals surface area contributed by atoms with E-state index in [0.717, 1.165) is 38.4 Å². The van der Waals surface area contributed by atoms with Crippen LogP contribution in [0.5, 0.6) is 0 Å². The summed E-state index contributed by atoms with van der Waals surface area (Å²) in [4.78, 5) is 2.51. The molecule has 80 valence electrons. The first-order chi connectivity index (χ1) is 6.61. The lowest BCUT2D eigenvalue weighted by Gasteiger charge is -2.39. The van der Waals surface area contributed by atoms with E-state index in [4.69, 9.17) is 4.74 Å². The lowest BCUT2D eigenvalue weighted by atomic mass is 9.91. The Labute approximate surface area is 86.1 Å². The Bertz CT molecular complexity index is 229. The molecule has 2 aliphatic rings. The highest BCUT2D eigenvalue weighted by Crippen LogP contribution is 2.31. The lowest BCUT2D eigenvalue weighted by Crippen LogP contribution is -2.48. The molecule has 2 heterocycles. The van der Waals surface area contributed by atoms with Crippen LogP contribution in [0.3, 0.4) is 0 Å². The molecule has 2 rings (SSSR count). The van der Waals surface area contributed by atoms with E-state index in [9.17, 15) is 0 Å². The average Bonchev–Trinajstić information content (AvgIpc) is 2.48. The fraction of sp³-hybridized carbons (Fsp3) is 0.818. The molecule has 1 N–H and O–H groups in total. The molecule has 2 fully saturated rings. The Kier molecular flexibility index (Phi) is 2.43. The van der Waals surface area contributed by atoms with E-state index in [1.807, 2.05) is 0 Å². The van der Waals surface area contributed by atoms with Gasteiger partial charge in [-0.05, 0) is 20.4 Å². The zero-order chi connectivity index (χ0) is 10.2. The zero-order valence-corrected chi connectivity index (χ0v) is 9.18. The van der Waals surface area contributed by atoms with Gasteiger partial charge in [0.25, 0.3) is 0 Å². The van der Waals surface area contributed by atoms with Crippen LogP contribution in [0.15, 0.2) is 12.5 Å². The minimum Gasteiger partial charge on any atom is -0.471 e. The van der Waals surface area contributed by atoms with Crippen LogP contribution < -0.4 is 5.32 Å². The fourth-order valence-corrected chi connectivity index (χ4v) is 2.32. The fourth-order valence-electron chi connectivity index (χ4n) is 2.32. The average molecular weight is 196 g/mol. The van der Waals surface area contributed by atoms with E-state index in [1.165, 1.54) is 0 Å². The number of hydrogen-bond acceptors (Lipinski definition) is 3. The smallest absolute Gasteiger partial charge is 0.180 e. The first-order valence-electron chi connectivity index (χ1n) is 5.47. The van der Waals surface area contributed by atoms with E-state index in [2.05, 4.69) is 30.6 Å². The highest BCUT2D eigenvalue weighted by atomic mass is 16.5. The quantitative estimate of drug-likeness (QED) is 0.684. The van der Waals surface area contributed by atoms with Crippen LogP contribution in [0.4, 0.5) is 0 Å². The van der Waals surface area contributed by atoms with Gasteiger partial charge >= 0.3 is 0 Å². The van der Waals surface area contributed by atoms with Crippen LogP contribution in [-0.2, 0) is 4.74 Å². The summed E-state index contributed by atoms with van der Waals surface area (Å²) in [7, 11) is 0. The number of nitrogens with zero attached hydrogens (tertiary/aromatic N) is 1. The van der Waals surface area contributed by atoms with Crippen LogP contribution in [0.25, 0.3) is 0 Å². The second-order valence-electron chi connectivity index (χ2n) is 4.69. The molecule has 0 unspecified atom stereocenters. The molecule has 0 amide bonds. The van der Waals surface area contributed by atoms with Gasteiger partial charge in [0.15, 0.2) is 5.88 Å². The molecule has 3 heteroatoms. The summed E-state index contributed by atoms with van der Waals surface area (Å²) in [6.45, 7) is 11.6. The van der Waals surface area contributed by atoms with Crippen molar-refractivity contribution in [3.8, 4) is 0 Å². The third-order valence-electron chi connectivity index (χ3n) is 3.39. The van der Waals surface area contributed by atoms with Gasteiger partial charge in [0, 0.05) is 32.0 Å². The molecule has 0 aromatic rings. The van der Waals surface area contributed by atoms with Crippen molar-refractivity contribution in [1.29, 1.82) is 0 Å². The van der Waals surface area contributed by atoms with Crippen molar-refractivity contribution in [3.63, 3.8) is 0 Å². The van der Waals surface area contributed by atoms with Crippen LogP contribution in [-0.4, -0.2) is 36.2 Å². The molecule has 0 aromatic heterocycles. The number of hydrogen-bond donors (Lipinski definition) is 1. The van der Waals surface area contributed by atoms with Gasteiger partial charge in [-0.25, -0.2) is 0 Å². The summed E-state index contributed by atoms with van der Waals surface area (Å²) >= 11 is 0. The third-order valence-corrected chi connectivity index (χ3v) is 3.39. The molecule has 14 heavy (non-hydrogen) atoms. The SMILES string of the molecule is C=C1NCC2(CCN(C(C)C)CC2)O1. The predicted molar refractivity (Wildman–Crippen MR) is 56.9 cm³/mol. The number of piperidine rings is 1. The molecule has 2 aliphatic heterocycles. The number of nitrogens with one attached hydrogen (secondary N) is 1. The van der Waals surface area contributed by atoms with Crippen LogP contribution in [0, 0.1) is 0 Å². The first kappa shape index (κ1) is 9.84. The molecule has 0 saturated carbocycles. The van der Waals surface area contributed by atoms with E-state index in [-0.39, 0.29) is 5.60 Å². The summed E-state index contributed by atoms with van der Waals surface area (Å²) in [5.41, 5.74) is 0.0580. The third kappa shape index (κ3) is 1.73. The number of rotatable bonds is 1. The van der Waals surface area contributed by atoms with Crippen molar-refractivity contribution in [2.45, 2.75) is 38.3 Å². The van der Waals surface area contributed by atoms with Crippen molar-refractivity contribution >= 4 is 0 Å². The van der Waals surface area contributed by atoms with Crippen LogP contribution >= 0.6 is 0 Å². The first-order valence-corrected chi connectivity index (χ1v) is 5.47. The standard InChI is InChI=1S/C11H20N2O/c1-9(2)13-6-4-11(5-7-13)8-12-10(3)14-11/h9,12H,3-8H2,1-2H3. The topological polar surface area (TPSA) is 24.5 Å². The zero-order valence-electron chi connectivity index (χ0n) is 9.18. The van der Waals surface area contributed by atoms with Crippen molar-refractivity contribution in [1.82, 2.24) is 10.2 Å². The maximum absolute atomic E-state index is 5.79. The van der Waals surface area contributed by atoms with E-state index >= 15 is 0 Å². The Morgan fingerprint density at radius 2 is 2.07 bits per heavy atom. The molecular formula is C11H20N2O. The van der Waals surface area contributed by atoms with Gasteiger partial charge in [0.1, 0.15) is 5.60 Å². The largest absolute Gasteiger partial charge is 0.471 e. The summed E-state index contributed by atoms with van der Waals surface area (Å²) in [5, 5.41) is 3.19. The maximum atomic E-state index is 5.79. The van der Waals surface area contributed by atoms with Gasteiger partial charge in [-0.2, -0.15) is 0 Å². The normalized spacial score (nSPS) is 26.6. The molecule has 0 atom stereocenters. The lowest BCUT2D eigenvalue weighted by molar-refractivity contribution is -0.0160. The highest BCUT2D eigenvalue weighted by molar-refractivity contribution is 5.02. The van der Waals surface area contributed by atoms with Crippen molar-refractivity contribution in [2.75, 3.05) is 19.6 Å². The second kappa shape index (κ2) is 3.46. The summed E-state index contributed by atoms with van der Waals surface area (Å²) in [6.07, 6.45) is 2.24. The van der Waals surface area contributed by atoms with E-state index in [0.29, 0.717) is 6.04 Å². The Balaban J connectivity index is 1.92. The van der Waals surface area contributed by atoms with Crippen molar-refractivity contribution < 1.29 is 4.74 Å². The summed E-state index contributed by atoms with van der Waals surface area (Å²) in [6, 6.07) is 0.657. The Morgan fingerprint density at radius 3 is 2.50 bits per heavy atom. The molecule has 3 nitrogen and oxygen atoms in total. The van der Waals surface area contributed by atoms with Gasteiger partial charge in [-0.3, -0.25) is 0 Å². The maximum Gasteiger partial charge on any atom is 0.180 e. The van der Waals surface area contributed by atoms with Crippen LogP contribution in [0.2, 0.25) is 0 Å². The molecule has 1 spiro atoms. The van der Waals surface area contributed by atoms with Crippen LogP contribution in [0.1, 0.15) is 26.7 Å². The van der Waals surface area contributed by atoms with E-state index < -0.39 is 0 Å². The van der Waals surface area contributed by atoms with Gasteiger partial charge in [0.05, 0.1) is 6.54 Å². The molecule has 0 aliphatic carbocycles. The second-order valence-corrected chi connectivity index (χ2v) is 4.69. The Hall–Kier alpha value is -0.700. The summed E-state index contributed by atoms with van der Waals surface area (Å²) < 4.78 is 5.79. The minimum atomic E-state index is 0.0580. The van der Waals surface area contributed by atoms with Crippen molar-refractivity contribution in [3.05, 3.63) is 12.5 Å².